The molecule has 6 atom stereocenters. The minimum Gasteiger partial charge on any atom is -0.372 e. The molecule has 0 saturated carbocycles. The summed E-state index contributed by atoms with van der Waals surface area (Å²) in [6, 6.07) is 20.8. The van der Waals surface area contributed by atoms with Crippen molar-refractivity contribution in [3.05, 3.63) is 146 Å². The number of rotatable bonds is 25. The SMILES string of the molecule is C/C(=C\C(=O)N[C@H]1CCc2cccc3c2C(C1=O)[C@H](C(=O)N[C@@H](CCC(N)=O)[C@@H](C)OCc1ccc(CCCNC(=O)COCCCc2ccc4c(c2)n(C)c(=O)n4C2CCC(=O)NC2=O)cc1)C3)c1ccc(C(F)(F)P(=O)(O)O)cc1. The van der Waals surface area contributed by atoms with Crippen LogP contribution in [-0.2, 0) is 92.6 Å². The van der Waals surface area contributed by atoms with E-state index in [0.717, 1.165) is 45.5 Å². The number of halogens is 2. The van der Waals surface area contributed by atoms with Crippen molar-refractivity contribution in [2.75, 3.05) is 19.8 Å². The standard InChI is InChI=1S/C59H68F2N7O13P/c1-34(39-16-19-42(20-17-39)59(60,61)82(77,78)79)29-51(71)64-45-21-18-40-9-4-10-41-31-43(54(53(40)41)55(45)73)56(74)65-44(22-25-49(62)69)35(2)81-32-38-13-11-36(12-14-38)7-5-27-63-52(72)33-80-28-6-8-37-15-23-46-48(30-37)67(3)58(76)68(46)47-24-26-50(70)66-57(47)75/h4,9-17,19-20,23,29-30,35,43-45,47,54H,5-8,18,21-22,24-28,31-33H2,1-3H3,(H2,62,69)(H,63,72)(H,64,71)(H,65,74)(H,66,70,75)(H2,77,78,79)/b34-29+/t35-,43-,44+,45+,47?,54?/m1/s1. The fourth-order valence-corrected chi connectivity index (χ4v) is 11.6. The van der Waals surface area contributed by atoms with E-state index in [-0.39, 0.29) is 75.0 Å². The number of ketones is 1. The number of hydrogen-bond donors (Lipinski definition) is 7. The summed E-state index contributed by atoms with van der Waals surface area (Å²) >= 11 is 0. The average molecular weight is 1150 g/mol. The molecule has 0 radical (unpaired) electrons. The topological polar surface area (TPSA) is 297 Å². The summed E-state index contributed by atoms with van der Waals surface area (Å²) in [5.41, 5.74) is 7.26. The number of aryl methyl sites for hydroxylation is 4. The van der Waals surface area contributed by atoms with Crippen molar-refractivity contribution in [2.45, 2.75) is 127 Å². The van der Waals surface area contributed by atoms with Gasteiger partial charge in [-0.2, -0.15) is 8.78 Å². The molecule has 4 aromatic carbocycles. The van der Waals surface area contributed by atoms with Crippen molar-refractivity contribution >= 4 is 65.4 Å². The highest BCUT2D eigenvalue weighted by Gasteiger charge is 2.50. The van der Waals surface area contributed by atoms with E-state index >= 15 is 0 Å². The zero-order valence-electron chi connectivity index (χ0n) is 45.8. The highest BCUT2D eigenvalue weighted by molar-refractivity contribution is 7.52. The first-order chi connectivity index (χ1) is 39.0. The number of nitrogens with zero attached hydrogens (tertiary/aromatic N) is 2. The van der Waals surface area contributed by atoms with Crippen LogP contribution in [0.25, 0.3) is 16.6 Å². The van der Waals surface area contributed by atoms with E-state index in [4.69, 9.17) is 25.0 Å². The second-order valence-corrected chi connectivity index (χ2v) is 23.0. The molecule has 2 heterocycles. The van der Waals surface area contributed by atoms with Crippen molar-refractivity contribution in [2.24, 2.45) is 18.7 Å². The largest absolute Gasteiger partial charge is 0.399 e. The number of fused-ring (bicyclic) bond motifs is 1. The summed E-state index contributed by atoms with van der Waals surface area (Å²) in [7, 11) is -4.14. The van der Waals surface area contributed by atoms with Crippen molar-refractivity contribution in [3.8, 4) is 0 Å². The molecule has 3 aliphatic rings. The lowest BCUT2D eigenvalue weighted by Gasteiger charge is -2.28. The summed E-state index contributed by atoms with van der Waals surface area (Å²) in [6.45, 7) is 4.22. The second-order valence-electron chi connectivity index (χ2n) is 21.3. The normalized spacial score (nSPS) is 19.0. The van der Waals surface area contributed by atoms with Crippen molar-refractivity contribution < 1.29 is 66.2 Å². The van der Waals surface area contributed by atoms with Gasteiger partial charge in [-0.1, -0.05) is 72.8 Å². The molecule has 23 heteroatoms. The number of piperidine rings is 1. The Balaban J connectivity index is 0.777. The maximum absolute atomic E-state index is 14.5. The molecule has 8 rings (SSSR count). The average Bonchev–Trinajstić information content (AvgIpc) is 4.15. The number of Topliss-reactive ketones (excluding diaryl/α,β-unsaturated/α-hetero) is 1. The summed E-state index contributed by atoms with van der Waals surface area (Å²) in [5, 5.41) is 11.1. The van der Waals surface area contributed by atoms with Gasteiger partial charge < -0.3 is 40.9 Å². The number of imide groups is 1. The van der Waals surface area contributed by atoms with Crippen LogP contribution in [0.3, 0.4) is 0 Å². The number of nitrogens with one attached hydrogen (secondary N) is 4. The molecule has 1 aliphatic heterocycles. The number of primary amides is 1. The molecule has 0 spiro atoms. The molecule has 2 unspecified atom stereocenters. The monoisotopic (exact) mass is 1150 g/mol. The molecule has 5 aromatic rings. The van der Waals surface area contributed by atoms with E-state index in [0.29, 0.717) is 67.4 Å². The Kier molecular flexibility index (Phi) is 19.3. The van der Waals surface area contributed by atoms with Gasteiger partial charge >= 0.3 is 18.9 Å². The molecule has 0 bridgehead atoms. The number of hydrogen-bond acceptors (Lipinski definition) is 11. The molecule has 2 aliphatic carbocycles. The van der Waals surface area contributed by atoms with E-state index in [1.54, 1.807) is 20.9 Å². The van der Waals surface area contributed by atoms with Gasteiger partial charge in [-0.05, 0) is 128 Å². The maximum Gasteiger partial charge on any atom is 0.399 e. The Labute approximate surface area is 471 Å². The summed E-state index contributed by atoms with van der Waals surface area (Å²) in [6.07, 6.45) is 4.76. The number of carbonyl (C=O) groups is 7. The zero-order chi connectivity index (χ0) is 59.0. The van der Waals surface area contributed by atoms with Gasteiger partial charge in [0.05, 0.1) is 47.7 Å². The van der Waals surface area contributed by atoms with Crippen LogP contribution >= 0.6 is 7.60 Å². The number of aromatic nitrogens is 2. The molecule has 6 amide bonds. The van der Waals surface area contributed by atoms with Crippen LogP contribution in [0, 0.1) is 5.92 Å². The van der Waals surface area contributed by atoms with Crippen LogP contribution in [0.1, 0.15) is 115 Å². The first-order valence-corrected chi connectivity index (χ1v) is 29.0. The number of alkyl halides is 2. The van der Waals surface area contributed by atoms with Crippen LogP contribution in [0.5, 0.6) is 0 Å². The van der Waals surface area contributed by atoms with Crippen LogP contribution in [0.4, 0.5) is 8.78 Å². The van der Waals surface area contributed by atoms with Gasteiger partial charge in [0.25, 0.3) is 0 Å². The summed E-state index contributed by atoms with van der Waals surface area (Å²) < 4.78 is 54.7. The molecule has 1 fully saturated rings. The van der Waals surface area contributed by atoms with Crippen LogP contribution in [-0.4, -0.2) is 98.1 Å². The Bertz CT molecular complexity index is 3390. The Morgan fingerprint density at radius 2 is 1.60 bits per heavy atom. The van der Waals surface area contributed by atoms with E-state index in [2.05, 4.69) is 21.3 Å². The predicted molar refractivity (Wildman–Crippen MR) is 298 cm³/mol. The molecule has 82 heavy (non-hydrogen) atoms. The smallest absolute Gasteiger partial charge is 0.372 e. The molecule has 8 N–H and O–H groups in total. The van der Waals surface area contributed by atoms with Gasteiger partial charge in [0.1, 0.15) is 12.6 Å². The molecular formula is C59H68F2N7O13P. The Morgan fingerprint density at radius 1 is 0.902 bits per heavy atom. The van der Waals surface area contributed by atoms with Crippen molar-refractivity contribution in [1.82, 2.24) is 30.4 Å². The van der Waals surface area contributed by atoms with Crippen LogP contribution < -0.4 is 32.7 Å². The number of amides is 6. The quantitative estimate of drug-likeness (QED) is 0.0176. The first-order valence-electron chi connectivity index (χ1n) is 27.3. The number of ether oxygens (including phenoxy) is 2. The highest BCUT2D eigenvalue weighted by atomic mass is 31.2. The maximum atomic E-state index is 14.5. The van der Waals surface area contributed by atoms with E-state index in [9.17, 15) is 51.7 Å². The van der Waals surface area contributed by atoms with Gasteiger partial charge in [-0.15, -0.1) is 0 Å². The van der Waals surface area contributed by atoms with Gasteiger partial charge in [0.2, 0.25) is 35.4 Å². The predicted octanol–water partition coefficient (Wildman–Crippen LogP) is 4.96. The first kappa shape index (κ1) is 60.6. The van der Waals surface area contributed by atoms with Crippen molar-refractivity contribution in [3.63, 3.8) is 0 Å². The third-order valence-corrected chi connectivity index (χ3v) is 16.6. The lowest BCUT2D eigenvalue weighted by Crippen LogP contribution is -2.49. The number of nitrogens with two attached hydrogens (primary N) is 1. The Morgan fingerprint density at radius 3 is 2.30 bits per heavy atom. The van der Waals surface area contributed by atoms with Crippen LogP contribution in [0.15, 0.2) is 95.8 Å². The molecular weight excluding hydrogens is 1080 g/mol. The zero-order valence-corrected chi connectivity index (χ0v) is 46.7. The third kappa shape index (κ3) is 14.2. The molecule has 1 aromatic heterocycles. The summed E-state index contributed by atoms with van der Waals surface area (Å²) in [5.74, 6) is -4.77. The van der Waals surface area contributed by atoms with E-state index in [1.165, 1.54) is 27.3 Å². The minimum atomic E-state index is -5.78. The fraction of sp³-hybridized carbons (Fsp3) is 0.424. The fourth-order valence-electron chi connectivity index (χ4n) is 11.1. The molecule has 20 nitrogen and oxygen atoms in total. The molecule has 436 valence electrons. The highest BCUT2D eigenvalue weighted by Crippen LogP contribution is 2.59. The number of imidazole rings is 1. The third-order valence-electron chi connectivity index (χ3n) is 15.6. The second kappa shape index (κ2) is 26.2. The van der Waals surface area contributed by atoms with Crippen LogP contribution in [0.2, 0.25) is 0 Å². The molecule has 1 saturated heterocycles. The van der Waals surface area contributed by atoms with E-state index < -0.39 is 78.5 Å². The number of benzene rings is 4. The minimum absolute atomic E-state index is 0.0401. The van der Waals surface area contributed by atoms with E-state index in [1.807, 2.05) is 60.7 Å². The van der Waals surface area contributed by atoms with Gasteiger partial charge in [0, 0.05) is 44.7 Å². The number of carbonyl (C=O) groups excluding carboxylic acids is 7. The summed E-state index contributed by atoms with van der Waals surface area (Å²) in [4.78, 5) is 122. The number of allylic oxidation sites excluding steroid dienone is 1. The van der Waals surface area contributed by atoms with Gasteiger partial charge in [0.15, 0.2) is 5.78 Å². The van der Waals surface area contributed by atoms with Crippen molar-refractivity contribution in [1.29, 1.82) is 0 Å². The lowest BCUT2D eigenvalue weighted by molar-refractivity contribution is -0.136. The van der Waals surface area contributed by atoms with Gasteiger partial charge in [-0.25, -0.2) is 4.79 Å². The lowest BCUT2D eigenvalue weighted by atomic mass is 9.84. The van der Waals surface area contributed by atoms with Gasteiger partial charge in [-0.3, -0.25) is 52.6 Å². The Hall–Kier alpha value is -7.49.